The Morgan fingerprint density at radius 3 is 2.92 bits per heavy atom. The van der Waals surface area contributed by atoms with Crippen LogP contribution in [0.2, 0.25) is 0 Å². The largest absolute Gasteiger partial charge is 0.342 e. The van der Waals surface area contributed by atoms with Crippen molar-refractivity contribution in [1.29, 1.82) is 0 Å². The molecule has 0 N–H and O–H groups in total. The smallest absolute Gasteiger partial charge is 0.257 e. The van der Waals surface area contributed by atoms with Crippen LogP contribution in [-0.2, 0) is 0 Å². The zero-order valence-corrected chi connectivity index (χ0v) is 15.4. The van der Waals surface area contributed by atoms with E-state index in [1.54, 1.807) is 17.1 Å². The summed E-state index contributed by atoms with van der Waals surface area (Å²) in [6, 6.07) is 6.25. The number of carbonyl (C=O) groups is 1. The van der Waals surface area contributed by atoms with Gasteiger partial charge >= 0.3 is 0 Å². The van der Waals surface area contributed by atoms with E-state index < -0.39 is 0 Å². The summed E-state index contributed by atoms with van der Waals surface area (Å²) in [7, 11) is 4.06. The lowest BCUT2D eigenvalue weighted by atomic mass is 10.00. The molecular formula is C19H27N5O. The van der Waals surface area contributed by atoms with Crippen LogP contribution in [0.3, 0.4) is 0 Å². The first kappa shape index (κ1) is 17.6. The van der Waals surface area contributed by atoms with Crippen LogP contribution in [0.25, 0.3) is 5.82 Å². The van der Waals surface area contributed by atoms with E-state index in [0.717, 1.165) is 31.0 Å². The molecule has 2 aromatic rings. The predicted octanol–water partition coefficient (Wildman–Crippen LogP) is 2.52. The Labute approximate surface area is 149 Å². The molecule has 1 amide bonds. The Morgan fingerprint density at radius 2 is 2.20 bits per heavy atom. The van der Waals surface area contributed by atoms with Crippen LogP contribution < -0.4 is 0 Å². The summed E-state index contributed by atoms with van der Waals surface area (Å²) < 4.78 is 1.72. The SMILES string of the molecule is Cc1c(C(=O)N(C)CCC2CCCCN2C)cnn1-c1ccccn1. The average molecular weight is 341 g/mol. The van der Waals surface area contributed by atoms with E-state index >= 15 is 0 Å². The van der Waals surface area contributed by atoms with Gasteiger partial charge in [0.05, 0.1) is 17.5 Å². The highest BCUT2D eigenvalue weighted by molar-refractivity contribution is 5.95. The Balaban J connectivity index is 1.65. The molecule has 1 aliphatic rings. The molecule has 1 unspecified atom stereocenters. The highest BCUT2D eigenvalue weighted by Crippen LogP contribution is 2.19. The van der Waals surface area contributed by atoms with Gasteiger partial charge in [0.15, 0.2) is 5.82 Å². The molecule has 0 saturated carbocycles. The van der Waals surface area contributed by atoms with Crippen molar-refractivity contribution in [3.05, 3.63) is 41.9 Å². The molecule has 3 rings (SSSR count). The minimum Gasteiger partial charge on any atom is -0.342 e. The molecule has 1 atom stereocenters. The predicted molar refractivity (Wildman–Crippen MR) is 97.9 cm³/mol. The molecule has 1 fully saturated rings. The van der Waals surface area contributed by atoms with Crippen LogP contribution in [0.1, 0.15) is 41.7 Å². The lowest BCUT2D eigenvalue weighted by Gasteiger charge is -2.33. The second kappa shape index (κ2) is 7.78. The summed E-state index contributed by atoms with van der Waals surface area (Å²) in [4.78, 5) is 21.3. The zero-order chi connectivity index (χ0) is 17.8. The Morgan fingerprint density at radius 1 is 1.36 bits per heavy atom. The van der Waals surface area contributed by atoms with E-state index in [1.165, 1.54) is 19.3 Å². The summed E-state index contributed by atoms with van der Waals surface area (Å²) in [5, 5.41) is 4.35. The van der Waals surface area contributed by atoms with E-state index in [2.05, 4.69) is 22.0 Å². The van der Waals surface area contributed by atoms with Gasteiger partial charge in [0, 0.05) is 25.8 Å². The fourth-order valence-electron chi connectivity index (χ4n) is 3.49. The second-order valence-corrected chi connectivity index (χ2v) is 6.89. The van der Waals surface area contributed by atoms with Gasteiger partial charge in [-0.2, -0.15) is 5.10 Å². The maximum absolute atomic E-state index is 12.8. The lowest BCUT2D eigenvalue weighted by molar-refractivity contribution is 0.0770. The first-order valence-electron chi connectivity index (χ1n) is 8.99. The number of likely N-dealkylation sites (tertiary alicyclic amines) is 1. The molecule has 0 aliphatic carbocycles. The quantitative estimate of drug-likeness (QED) is 0.838. The first-order valence-corrected chi connectivity index (χ1v) is 8.99. The summed E-state index contributed by atoms with van der Waals surface area (Å²) in [6.45, 7) is 3.85. The summed E-state index contributed by atoms with van der Waals surface area (Å²) in [6.07, 6.45) is 8.21. The molecule has 3 heterocycles. The van der Waals surface area contributed by atoms with Gasteiger partial charge in [-0.05, 0) is 51.9 Å². The molecule has 1 aliphatic heterocycles. The van der Waals surface area contributed by atoms with Crippen molar-refractivity contribution >= 4 is 5.91 Å². The monoisotopic (exact) mass is 341 g/mol. The fraction of sp³-hybridized carbons (Fsp3) is 0.526. The second-order valence-electron chi connectivity index (χ2n) is 6.89. The number of hydrogen-bond acceptors (Lipinski definition) is 4. The van der Waals surface area contributed by atoms with Crippen LogP contribution in [0.4, 0.5) is 0 Å². The van der Waals surface area contributed by atoms with Gasteiger partial charge in [-0.25, -0.2) is 9.67 Å². The normalized spacial score (nSPS) is 18.3. The minimum absolute atomic E-state index is 0.0261. The van der Waals surface area contributed by atoms with Crippen LogP contribution in [0.15, 0.2) is 30.6 Å². The highest BCUT2D eigenvalue weighted by atomic mass is 16.2. The molecule has 1 saturated heterocycles. The summed E-state index contributed by atoms with van der Waals surface area (Å²) >= 11 is 0. The van der Waals surface area contributed by atoms with Gasteiger partial charge in [-0.1, -0.05) is 12.5 Å². The van der Waals surface area contributed by atoms with Crippen molar-refractivity contribution in [3.8, 4) is 5.82 Å². The van der Waals surface area contributed by atoms with E-state index in [0.29, 0.717) is 11.6 Å². The van der Waals surface area contributed by atoms with Crippen LogP contribution in [0.5, 0.6) is 0 Å². The molecule has 0 spiro atoms. The maximum atomic E-state index is 12.8. The van der Waals surface area contributed by atoms with E-state index in [1.807, 2.05) is 37.1 Å². The van der Waals surface area contributed by atoms with E-state index in [-0.39, 0.29) is 5.91 Å². The molecule has 0 bridgehead atoms. The molecule has 0 radical (unpaired) electrons. The highest BCUT2D eigenvalue weighted by Gasteiger charge is 2.22. The van der Waals surface area contributed by atoms with Crippen molar-refractivity contribution in [2.45, 2.75) is 38.6 Å². The number of nitrogens with zero attached hydrogens (tertiary/aromatic N) is 5. The van der Waals surface area contributed by atoms with Crippen molar-refractivity contribution in [1.82, 2.24) is 24.6 Å². The third-order valence-corrected chi connectivity index (χ3v) is 5.17. The Hall–Kier alpha value is -2.21. The zero-order valence-electron chi connectivity index (χ0n) is 15.4. The van der Waals surface area contributed by atoms with Crippen molar-refractivity contribution < 1.29 is 4.79 Å². The maximum Gasteiger partial charge on any atom is 0.257 e. The number of pyridine rings is 1. The standard InChI is InChI=1S/C19H27N5O/c1-15-17(14-21-24(15)18-9-4-6-11-20-18)19(25)23(3)13-10-16-8-5-7-12-22(16)2/h4,6,9,11,14,16H,5,7-8,10,12-13H2,1-3H3. The molecule has 25 heavy (non-hydrogen) atoms. The van der Waals surface area contributed by atoms with Gasteiger partial charge < -0.3 is 9.80 Å². The minimum atomic E-state index is 0.0261. The summed E-state index contributed by atoms with van der Waals surface area (Å²) in [5.41, 5.74) is 1.47. The van der Waals surface area contributed by atoms with Gasteiger partial charge in [0.25, 0.3) is 5.91 Å². The number of aromatic nitrogens is 3. The van der Waals surface area contributed by atoms with Crippen molar-refractivity contribution in [2.75, 3.05) is 27.2 Å². The topological polar surface area (TPSA) is 54.3 Å². The number of rotatable bonds is 5. The number of amides is 1. The number of carbonyl (C=O) groups excluding carboxylic acids is 1. The number of hydrogen-bond donors (Lipinski definition) is 0. The van der Waals surface area contributed by atoms with Gasteiger partial charge in [-0.3, -0.25) is 4.79 Å². The summed E-state index contributed by atoms with van der Waals surface area (Å²) in [5.74, 6) is 0.753. The van der Waals surface area contributed by atoms with Gasteiger partial charge in [-0.15, -0.1) is 0 Å². The first-order chi connectivity index (χ1) is 12.1. The molecule has 2 aromatic heterocycles. The Bertz CT molecular complexity index is 712. The fourth-order valence-corrected chi connectivity index (χ4v) is 3.49. The van der Waals surface area contributed by atoms with Crippen LogP contribution >= 0.6 is 0 Å². The molecule has 0 aromatic carbocycles. The Kier molecular flexibility index (Phi) is 5.48. The van der Waals surface area contributed by atoms with Crippen LogP contribution in [0, 0.1) is 6.92 Å². The molecule has 6 nitrogen and oxygen atoms in total. The molecule has 6 heteroatoms. The van der Waals surface area contributed by atoms with Gasteiger partial charge in [0.1, 0.15) is 0 Å². The van der Waals surface area contributed by atoms with Gasteiger partial charge in [0.2, 0.25) is 0 Å². The van der Waals surface area contributed by atoms with E-state index in [4.69, 9.17) is 0 Å². The molecule has 134 valence electrons. The molecular weight excluding hydrogens is 314 g/mol. The van der Waals surface area contributed by atoms with Crippen molar-refractivity contribution in [3.63, 3.8) is 0 Å². The third-order valence-electron chi connectivity index (χ3n) is 5.17. The van der Waals surface area contributed by atoms with Crippen molar-refractivity contribution in [2.24, 2.45) is 0 Å². The van der Waals surface area contributed by atoms with E-state index in [9.17, 15) is 4.79 Å². The number of piperidine rings is 1. The third kappa shape index (κ3) is 3.90. The lowest BCUT2D eigenvalue weighted by Crippen LogP contribution is -2.39. The average Bonchev–Trinajstić information content (AvgIpc) is 3.02. The van der Waals surface area contributed by atoms with Crippen LogP contribution in [-0.4, -0.2) is 63.7 Å².